The minimum absolute atomic E-state index is 0.101. The highest BCUT2D eigenvalue weighted by molar-refractivity contribution is 9.10. The average Bonchev–Trinajstić information content (AvgIpc) is 2.95. The lowest BCUT2D eigenvalue weighted by molar-refractivity contribution is 0.0449. The summed E-state index contributed by atoms with van der Waals surface area (Å²) in [4.78, 5) is 8.80. The van der Waals surface area contributed by atoms with E-state index in [0.29, 0.717) is 0 Å². The molecule has 6 heteroatoms. The first kappa shape index (κ1) is 14.2. The Morgan fingerprint density at radius 1 is 1.24 bits per heavy atom. The van der Waals surface area contributed by atoms with Gasteiger partial charge in [-0.3, -0.25) is 0 Å². The van der Waals surface area contributed by atoms with Crippen molar-refractivity contribution in [1.29, 1.82) is 0 Å². The maximum atomic E-state index is 10.0. The molecule has 1 N–H and O–H groups in total. The van der Waals surface area contributed by atoms with Gasteiger partial charge < -0.3 is 5.11 Å². The second-order valence-electron chi connectivity index (χ2n) is 5.26. The number of hydrogen-bond acceptors (Lipinski definition) is 4. The second-order valence-corrected chi connectivity index (χ2v) is 6.08. The van der Waals surface area contributed by atoms with Gasteiger partial charge in [0.2, 0.25) is 0 Å². The van der Waals surface area contributed by atoms with E-state index < -0.39 is 6.23 Å². The van der Waals surface area contributed by atoms with Gasteiger partial charge in [-0.05, 0) is 40.0 Å². The van der Waals surface area contributed by atoms with Gasteiger partial charge in [-0.2, -0.15) is 5.10 Å². The van der Waals surface area contributed by atoms with Crippen molar-refractivity contribution >= 4 is 26.8 Å². The molecule has 3 rings (SSSR count). The molecule has 0 saturated carbocycles. The molecule has 0 aromatic carbocycles. The van der Waals surface area contributed by atoms with Crippen LogP contribution in [0.2, 0.25) is 0 Å². The Hall–Kier alpha value is -1.79. The number of fused-ring (bicyclic) bond motifs is 1. The number of hydrogen-bond donors (Lipinski definition) is 1. The Kier molecular flexibility index (Phi) is 3.73. The highest BCUT2D eigenvalue weighted by Gasteiger charge is 2.13. The van der Waals surface area contributed by atoms with Crippen molar-refractivity contribution in [3.63, 3.8) is 0 Å². The zero-order valence-corrected chi connectivity index (χ0v) is 13.3. The number of aromatic nitrogens is 4. The summed E-state index contributed by atoms with van der Waals surface area (Å²) in [5, 5.41) is 15.2. The van der Waals surface area contributed by atoms with E-state index in [-0.39, 0.29) is 5.92 Å². The molecule has 1 atom stereocenters. The second kappa shape index (κ2) is 5.54. The van der Waals surface area contributed by atoms with Gasteiger partial charge in [-0.25, -0.2) is 14.6 Å². The summed E-state index contributed by atoms with van der Waals surface area (Å²) in [7, 11) is 0. The molecule has 5 nitrogen and oxygen atoms in total. The minimum atomic E-state index is -0.627. The molecule has 0 bridgehead atoms. The van der Waals surface area contributed by atoms with Crippen LogP contribution >= 0.6 is 15.9 Å². The molecule has 1 unspecified atom stereocenters. The van der Waals surface area contributed by atoms with Gasteiger partial charge in [0.15, 0.2) is 0 Å². The fraction of sp³-hybridized carbons (Fsp3) is 0.267. The van der Waals surface area contributed by atoms with E-state index in [1.807, 2.05) is 38.2 Å². The molecular weight excluding hydrogens is 332 g/mol. The fourth-order valence-corrected chi connectivity index (χ4v) is 2.39. The van der Waals surface area contributed by atoms with Crippen LogP contribution in [-0.4, -0.2) is 24.9 Å². The summed E-state index contributed by atoms with van der Waals surface area (Å²) in [6.45, 7) is 3.90. The summed E-state index contributed by atoms with van der Waals surface area (Å²) in [6.07, 6.45) is 4.69. The van der Waals surface area contributed by atoms with E-state index in [2.05, 4.69) is 31.0 Å². The van der Waals surface area contributed by atoms with Crippen LogP contribution in [0.5, 0.6) is 0 Å². The van der Waals surface area contributed by atoms with E-state index in [0.717, 1.165) is 26.8 Å². The molecule has 0 fully saturated rings. The number of rotatable bonds is 3. The van der Waals surface area contributed by atoms with Crippen LogP contribution in [0.25, 0.3) is 22.2 Å². The first-order chi connectivity index (χ1) is 10.0. The van der Waals surface area contributed by atoms with Crippen molar-refractivity contribution in [3.05, 3.63) is 41.4 Å². The Morgan fingerprint density at radius 3 is 2.81 bits per heavy atom. The zero-order chi connectivity index (χ0) is 15.0. The standard InChI is InChI=1S/C15H15BrN4O/c1-9(2)15(21)20-8-11(7-18-20)12-4-3-10-6-17-14(16)5-13(10)19-12/h3-9,15,21H,1-2H3. The highest BCUT2D eigenvalue weighted by Crippen LogP contribution is 2.23. The molecule has 3 aromatic heterocycles. The van der Waals surface area contributed by atoms with Crippen molar-refractivity contribution in [3.8, 4) is 11.3 Å². The summed E-state index contributed by atoms with van der Waals surface area (Å²) in [5.74, 6) is 0.101. The molecule has 0 saturated heterocycles. The topological polar surface area (TPSA) is 63.8 Å². The summed E-state index contributed by atoms with van der Waals surface area (Å²) in [5.41, 5.74) is 2.57. The summed E-state index contributed by atoms with van der Waals surface area (Å²) in [6, 6.07) is 5.79. The lowest BCUT2D eigenvalue weighted by atomic mass is 10.2. The van der Waals surface area contributed by atoms with Crippen molar-refractivity contribution < 1.29 is 5.11 Å². The van der Waals surface area contributed by atoms with Crippen LogP contribution in [0.1, 0.15) is 20.1 Å². The fourth-order valence-electron chi connectivity index (χ4n) is 2.07. The largest absolute Gasteiger partial charge is 0.371 e. The van der Waals surface area contributed by atoms with Gasteiger partial charge >= 0.3 is 0 Å². The van der Waals surface area contributed by atoms with Crippen molar-refractivity contribution in [1.82, 2.24) is 19.7 Å². The van der Waals surface area contributed by atoms with E-state index in [1.165, 1.54) is 0 Å². The predicted octanol–water partition coefficient (Wildman–Crippen LogP) is 3.40. The van der Waals surface area contributed by atoms with Crippen LogP contribution in [0.3, 0.4) is 0 Å². The van der Waals surface area contributed by atoms with Crippen LogP contribution < -0.4 is 0 Å². The Balaban J connectivity index is 2.00. The van der Waals surface area contributed by atoms with E-state index >= 15 is 0 Å². The molecule has 0 radical (unpaired) electrons. The third kappa shape index (κ3) is 2.82. The maximum Gasteiger partial charge on any atom is 0.149 e. The molecule has 108 valence electrons. The highest BCUT2D eigenvalue weighted by atomic mass is 79.9. The zero-order valence-electron chi connectivity index (χ0n) is 11.7. The van der Waals surface area contributed by atoms with Gasteiger partial charge in [0.05, 0.1) is 17.4 Å². The van der Waals surface area contributed by atoms with Crippen LogP contribution in [0, 0.1) is 5.92 Å². The number of aliphatic hydroxyl groups excluding tert-OH is 1. The van der Waals surface area contributed by atoms with E-state index in [1.54, 1.807) is 17.1 Å². The van der Waals surface area contributed by atoms with Gasteiger partial charge in [-0.1, -0.05) is 13.8 Å². The predicted molar refractivity (Wildman–Crippen MR) is 84.6 cm³/mol. The van der Waals surface area contributed by atoms with E-state index in [9.17, 15) is 5.11 Å². The number of nitrogens with zero attached hydrogens (tertiary/aromatic N) is 4. The average molecular weight is 347 g/mol. The van der Waals surface area contributed by atoms with E-state index in [4.69, 9.17) is 0 Å². The third-order valence-corrected chi connectivity index (χ3v) is 3.74. The molecular formula is C15H15BrN4O. The lowest BCUT2D eigenvalue weighted by Crippen LogP contribution is -2.14. The molecule has 0 amide bonds. The van der Waals surface area contributed by atoms with Crippen molar-refractivity contribution in [2.45, 2.75) is 20.1 Å². The van der Waals surface area contributed by atoms with Crippen LogP contribution in [0.4, 0.5) is 0 Å². The Morgan fingerprint density at radius 2 is 2.05 bits per heavy atom. The summed E-state index contributed by atoms with van der Waals surface area (Å²) >= 11 is 3.35. The van der Waals surface area contributed by atoms with Gasteiger partial charge in [0, 0.05) is 23.3 Å². The maximum absolute atomic E-state index is 10.0. The Bertz CT molecular complexity index is 784. The van der Waals surface area contributed by atoms with Gasteiger partial charge in [0.25, 0.3) is 0 Å². The monoisotopic (exact) mass is 346 g/mol. The molecule has 0 aliphatic rings. The number of pyridine rings is 2. The normalized spacial score (nSPS) is 13.0. The van der Waals surface area contributed by atoms with Crippen molar-refractivity contribution in [2.75, 3.05) is 0 Å². The first-order valence-corrected chi connectivity index (χ1v) is 7.49. The molecule has 0 aliphatic heterocycles. The molecule has 3 aromatic rings. The SMILES string of the molecule is CC(C)C(O)n1cc(-c2ccc3cnc(Br)cc3n2)cn1. The molecule has 21 heavy (non-hydrogen) atoms. The first-order valence-electron chi connectivity index (χ1n) is 6.69. The third-order valence-electron chi connectivity index (χ3n) is 3.30. The van der Waals surface area contributed by atoms with Crippen LogP contribution in [0.15, 0.2) is 41.4 Å². The molecule has 0 spiro atoms. The molecule has 0 aliphatic carbocycles. The quantitative estimate of drug-likeness (QED) is 0.738. The molecule has 3 heterocycles. The van der Waals surface area contributed by atoms with Gasteiger partial charge in [-0.15, -0.1) is 0 Å². The Labute approximate surface area is 130 Å². The smallest absolute Gasteiger partial charge is 0.149 e. The lowest BCUT2D eigenvalue weighted by Gasteiger charge is -2.14. The van der Waals surface area contributed by atoms with Gasteiger partial charge in [0.1, 0.15) is 10.8 Å². The number of halogens is 1. The minimum Gasteiger partial charge on any atom is -0.371 e. The van der Waals surface area contributed by atoms with Crippen LogP contribution in [-0.2, 0) is 0 Å². The number of aliphatic hydroxyl groups is 1. The summed E-state index contributed by atoms with van der Waals surface area (Å²) < 4.78 is 2.32. The van der Waals surface area contributed by atoms with Crippen molar-refractivity contribution in [2.24, 2.45) is 5.92 Å².